The van der Waals surface area contributed by atoms with Gasteiger partial charge in [0.2, 0.25) is 5.95 Å². The highest BCUT2D eigenvalue weighted by molar-refractivity contribution is 5.77. The molecule has 4 heterocycles. The highest BCUT2D eigenvalue weighted by Gasteiger charge is 2.25. The number of hydrogen-bond acceptors (Lipinski definition) is 4. The third-order valence-electron chi connectivity index (χ3n) is 4.51. The van der Waals surface area contributed by atoms with Gasteiger partial charge in [-0.1, -0.05) is 20.8 Å². The van der Waals surface area contributed by atoms with Crippen molar-refractivity contribution in [1.29, 1.82) is 0 Å². The SMILES string of the molecule is Cn1c(N2CCn3nc(C(C)(C)C)cc3C2)nc2ccncc21. The molecule has 0 radical (unpaired) electrons. The summed E-state index contributed by atoms with van der Waals surface area (Å²) < 4.78 is 4.26. The molecule has 0 amide bonds. The van der Waals surface area contributed by atoms with Crippen molar-refractivity contribution < 1.29 is 0 Å². The third-order valence-corrected chi connectivity index (χ3v) is 4.51. The minimum atomic E-state index is 0.0821. The van der Waals surface area contributed by atoms with Crippen molar-refractivity contribution in [3.05, 3.63) is 35.9 Å². The van der Waals surface area contributed by atoms with Crippen LogP contribution in [0, 0.1) is 0 Å². The summed E-state index contributed by atoms with van der Waals surface area (Å²) in [6.07, 6.45) is 3.66. The Morgan fingerprint density at radius 2 is 2.00 bits per heavy atom. The summed E-state index contributed by atoms with van der Waals surface area (Å²) in [6, 6.07) is 4.20. The van der Waals surface area contributed by atoms with Crippen LogP contribution < -0.4 is 4.90 Å². The third kappa shape index (κ3) is 2.29. The molecule has 4 rings (SSSR count). The van der Waals surface area contributed by atoms with Gasteiger partial charge < -0.3 is 9.47 Å². The summed E-state index contributed by atoms with van der Waals surface area (Å²) >= 11 is 0. The molecule has 0 aromatic carbocycles. The van der Waals surface area contributed by atoms with Gasteiger partial charge in [-0.3, -0.25) is 9.67 Å². The van der Waals surface area contributed by atoms with Gasteiger partial charge in [0, 0.05) is 25.2 Å². The number of anilines is 1. The van der Waals surface area contributed by atoms with E-state index in [-0.39, 0.29) is 5.41 Å². The molecule has 0 atom stereocenters. The number of hydrogen-bond donors (Lipinski definition) is 0. The number of fused-ring (bicyclic) bond motifs is 2. The van der Waals surface area contributed by atoms with Gasteiger partial charge in [-0.2, -0.15) is 5.10 Å². The second-order valence-electron chi connectivity index (χ2n) is 7.25. The van der Waals surface area contributed by atoms with Crippen molar-refractivity contribution in [2.45, 2.75) is 39.3 Å². The number of aromatic nitrogens is 5. The van der Waals surface area contributed by atoms with E-state index in [4.69, 9.17) is 10.1 Å². The molecule has 0 bridgehead atoms. The molecule has 120 valence electrons. The van der Waals surface area contributed by atoms with E-state index in [1.54, 1.807) is 6.20 Å². The Morgan fingerprint density at radius 1 is 1.17 bits per heavy atom. The first-order valence-corrected chi connectivity index (χ1v) is 8.02. The highest BCUT2D eigenvalue weighted by Crippen LogP contribution is 2.27. The van der Waals surface area contributed by atoms with Gasteiger partial charge in [0.25, 0.3) is 0 Å². The number of pyridine rings is 1. The average Bonchev–Trinajstić information content (AvgIpc) is 3.08. The quantitative estimate of drug-likeness (QED) is 0.693. The number of rotatable bonds is 1. The lowest BCUT2D eigenvalue weighted by molar-refractivity contribution is 0.490. The van der Waals surface area contributed by atoms with Crippen molar-refractivity contribution in [2.24, 2.45) is 7.05 Å². The Balaban J connectivity index is 1.69. The van der Waals surface area contributed by atoms with E-state index in [9.17, 15) is 0 Å². The van der Waals surface area contributed by atoms with Crippen LogP contribution in [0.1, 0.15) is 32.2 Å². The van der Waals surface area contributed by atoms with Crippen LogP contribution in [-0.2, 0) is 25.6 Å². The summed E-state index contributed by atoms with van der Waals surface area (Å²) in [6.45, 7) is 9.27. The van der Waals surface area contributed by atoms with Gasteiger partial charge in [0.15, 0.2) is 0 Å². The van der Waals surface area contributed by atoms with Gasteiger partial charge in [-0.05, 0) is 12.1 Å². The molecule has 0 fully saturated rings. The van der Waals surface area contributed by atoms with E-state index in [1.165, 1.54) is 5.69 Å². The standard InChI is InChI=1S/C17H22N6/c1-17(2,3)15-9-12-11-22(7-8-23(12)20-15)16-19-13-5-6-18-10-14(13)21(16)4/h5-6,9-10H,7-8,11H2,1-4H3. The van der Waals surface area contributed by atoms with Crippen LogP contribution in [0.3, 0.4) is 0 Å². The van der Waals surface area contributed by atoms with Gasteiger partial charge in [-0.25, -0.2) is 4.98 Å². The minimum Gasteiger partial charge on any atom is -0.334 e. The molecular formula is C17H22N6. The zero-order chi connectivity index (χ0) is 16.2. The molecule has 3 aromatic rings. The maximum absolute atomic E-state index is 4.78. The van der Waals surface area contributed by atoms with Gasteiger partial charge in [-0.15, -0.1) is 0 Å². The predicted octanol–water partition coefficient (Wildman–Crippen LogP) is 2.48. The topological polar surface area (TPSA) is 51.8 Å². The second-order valence-corrected chi connectivity index (χ2v) is 7.25. The molecule has 0 unspecified atom stereocenters. The number of aryl methyl sites for hydroxylation is 1. The van der Waals surface area contributed by atoms with E-state index < -0.39 is 0 Å². The number of imidazole rings is 1. The van der Waals surface area contributed by atoms with Gasteiger partial charge in [0.05, 0.1) is 41.7 Å². The van der Waals surface area contributed by atoms with Crippen LogP contribution in [0.25, 0.3) is 11.0 Å². The van der Waals surface area contributed by atoms with Crippen molar-refractivity contribution in [3.8, 4) is 0 Å². The monoisotopic (exact) mass is 310 g/mol. The lowest BCUT2D eigenvalue weighted by atomic mass is 9.92. The fraction of sp³-hybridized carbons (Fsp3) is 0.471. The van der Waals surface area contributed by atoms with Crippen LogP contribution in [0.5, 0.6) is 0 Å². The first-order valence-electron chi connectivity index (χ1n) is 8.02. The van der Waals surface area contributed by atoms with Crippen LogP contribution >= 0.6 is 0 Å². The van der Waals surface area contributed by atoms with Crippen LogP contribution in [0.4, 0.5) is 5.95 Å². The predicted molar refractivity (Wildman–Crippen MR) is 90.5 cm³/mol. The van der Waals surface area contributed by atoms with E-state index in [2.05, 4.69) is 53.0 Å². The van der Waals surface area contributed by atoms with E-state index in [0.29, 0.717) is 0 Å². The molecule has 6 nitrogen and oxygen atoms in total. The van der Waals surface area contributed by atoms with Crippen molar-refractivity contribution in [1.82, 2.24) is 24.3 Å². The molecule has 23 heavy (non-hydrogen) atoms. The molecule has 1 aliphatic rings. The Hall–Kier alpha value is -2.37. The van der Waals surface area contributed by atoms with Gasteiger partial charge >= 0.3 is 0 Å². The molecule has 1 aliphatic heterocycles. The highest BCUT2D eigenvalue weighted by atomic mass is 15.4. The summed E-state index contributed by atoms with van der Waals surface area (Å²) in [7, 11) is 2.05. The summed E-state index contributed by atoms with van der Waals surface area (Å²) in [5, 5.41) is 4.77. The number of nitrogens with zero attached hydrogens (tertiary/aromatic N) is 6. The average molecular weight is 310 g/mol. The van der Waals surface area contributed by atoms with Crippen molar-refractivity contribution in [2.75, 3.05) is 11.4 Å². The maximum Gasteiger partial charge on any atom is 0.206 e. The van der Waals surface area contributed by atoms with E-state index in [0.717, 1.165) is 42.3 Å². The summed E-state index contributed by atoms with van der Waals surface area (Å²) in [4.78, 5) is 11.3. The Kier molecular flexibility index (Phi) is 2.98. The molecule has 0 saturated carbocycles. The van der Waals surface area contributed by atoms with Crippen molar-refractivity contribution >= 4 is 17.0 Å². The molecule has 6 heteroatoms. The van der Waals surface area contributed by atoms with Crippen LogP contribution in [0.2, 0.25) is 0 Å². The normalized spacial score (nSPS) is 15.2. The minimum absolute atomic E-state index is 0.0821. The molecule has 0 aliphatic carbocycles. The molecule has 3 aromatic heterocycles. The molecule has 0 spiro atoms. The van der Waals surface area contributed by atoms with Crippen LogP contribution in [-0.4, -0.2) is 30.9 Å². The zero-order valence-electron chi connectivity index (χ0n) is 14.1. The fourth-order valence-corrected chi connectivity index (χ4v) is 3.11. The summed E-state index contributed by atoms with van der Waals surface area (Å²) in [5.74, 6) is 0.998. The summed E-state index contributed by atoms with van der Waals surface area (Å²) in [5.41, 5.74) is 4.55. The largest absolute Gasteiger partial charge is 0.334 e. The van der Waals surface area contributed by atoms with Crippen LogP contribution in [0.15, 0.2) is 24.5 Å². The second kappa shape index (κ2) is 4.81. The van der Waals surface area contributed by atoms with Crippen molar-refractivity contribution in [3.63, 3.8) is 0 Å². The Bertz CT molecular complexity index is 867. The van der Waals surface area contributed by atoms with E-state index in [1.807, 2.05) is 12.3 Å². The van der Waals surface area contributed by atoms with Gasteiger partial charge in [0.1, 0.15) is 0 Å². The lowest BCUT2D eigenvalue weighted by Gasteiger charge is -2.28. The van der Waals surface area contributed by atoms with E-state index >= 15 is 0 Å². The molecule has 0 saturated heterocycles. The lowest BCUT2D eigenvalue weighted by Crippen LogP contribution is -2.35. The zero-order valence-corrected chi connectivity index (χ0v) is 14.1. The molecular weight excluding hydrogens is 288 g/mol. The maximum atomic E-state index is 4.78. The Labute approximate surface area is 135 Å². The fourth-order valence-electron chi connectivity index (χ4n) is 3.11. The molecule has 0 N–H and O–H groups in total. The first-order chi connectivity index (χ1) is 10.9. The first kappa shape index (κ1) is 14.2. The Morgan fingerprint density at radius 3 is 2.74 bits per heavy atom. The smallest absolute Gasteiger partial charge is 0.206 e.